The minimum Gasteiger partial charge on any atom is -0.464 e. The highest BCUT2D eigenvalue weighted by atomic mass is 19.4. The van der Waals surface area contributed by atoms with Crippen LogP contribution in [0, 0.1) is 12.8 Å². The molecule has 1 heterocycles. The van der Waals surface area contributed by atoms with Gasteiger partial charge in [-0.25, -0.2) is 0 Å². The maximum Gasteiger partial charge on any atom is 0.416 e. The van der Waals surface area contributed by atoms with Gasteiger partial charge in [0.25, 0.3) is 12.4 Å². The number of amides is 1. The number of benzene rings is 1. The predicted molar refractivity (Wildman–Crippen MR) is 134 cm³/mol. The number of nitrogens with zero attached hydrogens (tertiary/aromatic N) is 1. The molecule has 37 heavy (non-hydrogen) atoms. The van der Waals surface area contributed by atoms with E-state index in [2.05, 4.69) is 9.88 Å². The van der Waals surface area contributed by atoms with Crippen molar-refractivity contribution in [2.24, 2.45) is 5.92 Å². The number of carbonyl (C=O) groups excluding carboxylic acids is 2. The molecule has 1 aromatic heterocycles. The lowest BCUT2D eigenvalue weighted by molar-refractivity contribution is -0.138. The first-order chi connectivity index (χ1) is 17.6. The van der Waals surface area contributed by atoms with E-state index in [1.807, 2.05) is 19.9 Å². The van der Waals surface area contributed by atoms with Crippen LogP contribution in [0.1, 0.15) is 91.9 Å². The van der Waals surface area contributed by atoms with Crippen LogP contribution in [0.2, 0.25) is 0 Å². The summed E-state index contributed by atoms with van der Waals surface area (Å²) in [6.45, 7) is 5.01. The molecule has 200 valence electrons. The summed E-state index contributed by atoms with van der Waals surface area (Å²) in [5, 5.41) is 3.01. The summed E-state index contributed by atoms with van der Waals surface area (Å²) in [5.74, 6) is 0.200. The standard InChI is InChI=1S/C29H35F3N2O3/c1-18-25(27(36)33-23-13-24(14-23)37-17-35)15-26(34(18)16-19-6-4-3-5-7-19)20-10-21(28(2)8-9-28)12-22(11-20)29(30,31)32/h10-12,15,17,19,23-24H,3-9,13-14,16H2,1-2H3,(H,33,36). The molecule has 1 N–H and O–H groups in total. The molecule has 5 nitrogen and oxygen atoms in total. The van der Waals surface area contributed by atoms with Crippen molar-refractivity contribution in [3.8, 4) is 11.3 Å². The third-order valence-electron chi connectivity index (χ3n) is 8.71. The molecule has 0 aliphatic heterocycles. The quantitative estimate of drug-likeness (QED) is 0.405. The van der Waals surface area contributed by atoms with E-state index in [4.69, 9.17) is 4.74 Å². The molecule has 3 aliphatic rings. The second-order valence-electron chi connectivity index (χ2n) is 11.5. The summed E-state index contributed by atoms with van der Waals surface area (Å²) in [4.78, 5) is 23.8. The number of hydrogen-bond donors (Lipinski definition) is 1. The van der Waals surface area contributed by atoms with Crippen LogP contribution in [0.4, 0.5) is 13.2 Å². The van der Waals surface area contributed by atoms with Gasteiger partial charge in [-0.05, 0) is 79.3 Å². The smallest absolute Gasteiger partial charge is 0.416 e. The Balaban J connectivity index is 1.51. The first kappa shape index (κ1) is 25.9. The minimum absolute atomic E-state index is 0.0861. The van der Waals surface area contributed by atoms with Gasteiger partial charge in [0.2, 0.25) is 0 Å². The third kappa shape index (κ3) is 5.43. The third-order valence-corrected chi connectivity index (χ3v) is 8.71. The molecule has 1 aromatic carbocycles. The molecule has 0 radical (unpaired) electrons. The van der Waals surface area contributed by atoms with Crippen molar-refractivity contribution in [3.63, 3.8) is 0 Å². The molecule has 3 fully saturated rings. The summed E-state index contributed by atoms with van der Waals surface area (Å²) < 4.78 is 48.8. The Labute approximate surface area is 215 Å². The summed E-state index contributed by atoms with van der Waals surface area (Å²) in [6.07, 6.45) is 3.96. The van der Waals surface area contributed by atoms with Gasteiger partial charge in [0, 0.05) is 36.8 Å². The van der Waals surface area contributed by atoms with Crippen LogP contribution in [-0.2, 0) is 27.7 Å². The van der Waals surface area contributed by atoms with Gasteiger partial charge in [0.1, 0.15) is 6.10 Å². The molecule has 0 unspecified atom stereocenters. The number of halogens is 3. The van der Waals surface area contributed by atoms with Crippen LogP contribution in [0.25, 0.3) is 11.3 Å². The van der Waals surface area contributed by atoms with Gasteiger partial charge < -0.3 is 14.6 Å². The lowest BCUT2D eigenvalue weighted by Gasteiger charge is -2.34. The molecule has 0 saturated heterocycles. The van der Waals surface area contributed by atoms with E-state index in [-0.39, 0.29) is 23.5 Å². The van der Waals surface area contributed by atoms with Crippen LogP contribution >= 0.6 is 0 Å². The van der Waals surface area contributed by atoms with E-state index >= 15 is 0 Å². The van der Waals surface area contributed by atoms with Gasteiger partial charge in [-0.15, -0.1) is 0 Å². The average molecular weight is 517 g/mol. The Morgan fingerprint density at radius 3 is 2.46 bits per heavy atom. The SMILES string of the molecule is Cc1c(C(=O)NC2CC(OC=O)C2)cc(-c2cc(C(F)(F)F)cc(C3(C)CC3)c2)n1CC1CCCCC1. The van der Waals surface area contributed by atoms with Crippen molar-refractivity contribution in [1.29, 1.82) is 0 Å². The Morgan fingerprint density at radius 1 is 1.14 bits per heavy atom. The molecule has 1 amide bonds. The number of nitrogens with one attached hydrogen (secondary N) is 1. The van der Waals surface area contributed by atoms with Crippen LogP contribution < -0.4 is 5.32 Å². The second kappa shape index (κ2) is 9.84. The molecule has 5 rings (SSSR count). The number of carbonyl (C=O) groups is 2. The fraction of sp³-hybridized carbons (Fsp3) is 0.586. The molecule has 3 saturated carbocycles. The Hall–Kier alpha value is -2.77. The van der Waals surface area contributed by atoms with Crippen LogP contribution in [0.5, 0.6) is 0 Å². The van der Waals surface area contributed by atoms with Crippen LogP contribution in [0.15, 0.2) is 24.3 Å². The maximum atomic E-state index is 13.9. The zero-order valence-electron chi connectivity index (χ0n) is 21.5. The largest absolute Gasteiger partial charge is 0.464 e. The topological polar surface area (TPSA) is 60.3 Å². The number of aromatic nitrogens is 1. The predicted octanol–water partition coefficient (Wildman–Crippen LogP) is 6.55. The number of alkyl halides is 3. The first-order valence-electron chi connectivity index (χ1n) is 13.4. The first-order valence-corrected chi connectivity index (χ1v) is 13.4. The fourth-order valence-corrected chi connectivity index (χ4v) is 5.88. The van der Waals surface area contributed by atoms with Gasteiger partial charge in [-0.2, -0.15) is 13.2 Å². The zero-order chi connectivity index (χ0) is 26.4. The van der Waals surface area contributed by atoms with Gasteiger partial charge >= 0.3 is 6.18 Å². The van der Waals surface area contributed by atoms with Crippen LogP contribution in [-0.4, -0.2) is 29.1 Å². The highest BCUT2D eigenvalue weighted by Gasteiger charge is 2.41. The molecule has 2 aromatic rings. The number of hydrogen-bond acceptors (Lipinski definition) is 3. The van der Waals surface area contributed by atoms with Crippen molar-refractivity contribution >= 4 is 12.4 Å². The lowest BCUT2D eigenvalue weighted by Crippen LogP contribution is -2.47. The molecular formula is C29H35F3N2O3. The van der Waals surface area contributed by atoms with Gasteiger partial charge in [-0.3, -0.25) is 9.59 Å². The van der Waals surface area contributed by atoms with Crippen molar-refractivity contribution in [2.75, 3.05) is 0 Å². The van der Waals surface area contributed by atoms with Gasteiger partial charge in [0.15, 0.2) is 0 Å². The minimum atomic E-state index is -4.45. The van der Waals surface area contributed by atoms with E-state index in [9.17, 15) is 22.8 Å². The van der Waals surface area contributed by atoms with E-state index in [0.717, 1.165) is 44.2 Å². The molecule has 0 spiro atoms. The Bertz CT molecular complexity index is 1150. The Kier molecular flexibility index (Phi) is 6.88. The summed E-state index contributed by atoms with van der Waals surface area (Å²) in [6, 6.07) is 6.09. The monoisotopic (exact) mass is 516 g/mol. The van der Waals surface area contributed by atoms with Gasteiger partial charge in [0.05, 0.1) is 11.1 Å². The number of ether oxygens (including phenoxy) is 1. The summed E-state index contributed by atoms with van der Waals surface area (Å²) in [7, 11) is 0. The van der Waals surface area contributed by atoms with E-state index in [0.29, 0.717) is 54.2 Å². The zero-order valence-corrected chi connectivity index (χ0v) is 21.5. The molecule has 0 atom stereocenters. The normalized spacial score (nSPS) is 23.3. The fourth-order valence-electron chi connectivity index (χ4n) is 5.88. The van der Waals surface area contributed by atoms with E-state index in [1.54, 1.807) is 6.07 Å². The van der Waals surface area contributed by atoms with Crippen molar-refractivity contribution < 1.29 is 27.5 Å². The highest BCUT2D eigenvalue weighted by Crippen LogP contribution is 2.50. The van der Waals surface area contributed by atoms with Gasteiger partial charge in [-0.1, -0.05) is 26.2 Å². The lowest BCUT2D eigenvalue weighted by atomic mass is 9.89. The molecular weight excluding hydrogens is 481 g/mol. The van der Waals surface area contributed by atoms with Crippen molar-refractivity contribution in [3.05, 3.63) is 46.6 Å². The number of rotatable bonds is 8. The Morgan fingerprint density at radius 2 is 1.84 bits per heavy atom. The summed E-state index contributed by atoms with van der Waals surface area (Å²) in [5.41, 5.74) is 2.28. The average Bonchev–Trinajstić information content (AvgIpc) is 3.52. The van der Waals surface area contributed by atoms with Crippen LogP contribution in [0.3, 0.4) is 0 Å². The molecule has 8 heteroatoms. The van der Waals surface area contributed by atoms with Crippen molar-refractivity contribution in [1.82, 2.24) is 9.88 Å². The maximum absolute atomic E-state index is 13.9. The molecule has 3 aliphatic carbocycles. The highest BCUT2D eigenvalue weighted by molar-refractivity contribution is 5.97. The van der Waals surface area contributed by atoms with Crippen molar-refractivity contribution in [2.45, 2.75) is 102 Å². The molecule has 0 bridgehead atoms. The van der Waals surface area contributed by atoms with E-state index in [1.165, 1.54) is 18.6 Å². The second-order valence-corrected chi connectivity index (χ2v) is 11.5. The van der Waals surface area contributed by atoms with E-state index < -0.39 is 11.7 Å². The summed E-state index contributed by atoms with van der Waals surface area (Å²) >= 11 is 0.